The number of nitrogens with one attached hydrogen (secondary N) is 1. The largest absolute Gasteiger partial charge is 0.343 e. The Morgan fingerprint density at radius 2 is 1.94 bits per heavy atom. The highest BCUT2D eigenvalue weighted by atomic mass is 35.5. The summed E-state index contributed by atoms with van der Waals surface area (Å²) in [7, 11) is 0. The fraction of sp³-hybridized carbons (Fsp3) is 0.269. The molecule has 0 atom stereocenters. The lowest BCUT2D eigenvalue weighted by molar-refractivity contribution is -0.132. The lowest BCUT2D eigenvalue weighted by Crippen LogP contribution is -2.37. The van der Waals surface area contributed by atoms with Crippen molar-refractivity contribution in [2.75, 3.05) is 18.4 Å². The zero-order valence-electron chi connectivity index (χ0n) is 18.6. The second-order valence-electron chi connectivity index (χ2n) is 8.20. The first kappa shape index (κ1) is 24.1. The molecule has 1 saturated heterocycles. The van der Waals surface area contributed by atoms with Gasteiger partial charge in [-0.1, -0.05) is 29.8 Å². The number of thiazole rings is 1. The van der Waals surface area contributed by atoms with Crippen LogP contribution in [0.1, 0.15) is 47.1 Å². The standard InChI is InChI=1S/C26H25ClFN3O2S/c1-2-3-4-24(32)31-13-11-18(12-14-31)26-30-23(16-34-26)25(33)29-22-10-9-20(28)15-21(22)17-5-7-19(27)8-6-17/h2,5-10,15-16,18H,1,3-4,11-14H2,(H,29,33). The van der Waals surface area contributed by atoms with E-state index in [9.17, 15) is 14.0 Å². The maximum Gasteiger partial charge on any atom is 0.275 e. The number of carbonyl (C=O) groups excluding carboxylic acids is 2. The smallest absolute Gasteiger partial charge is 0.275 e. The minimum atomic E-state index is -0.395. The lowest BCUT2D eigenvalue weighted by atomic mass is 9.97. The van der Waals surface area contributed by atoms with Crippen molar-refractivity contribution < 1.29 is 14.0 Å². The highest BCUT2D eigenvalue weighted by Crippen LogP contribution is 2.32. The topological polar surface area (TPSA) is 62.3 Å². The number of benzene rings is 2. The summed E-state index contributed by atoms with van der Waals surface area (Å²) in [5.41, 5.74) is 2.13. The summed E-state index contributed by atoms with van der Waals surface area (Å²) in [5.74, 6) is -0.353. The fourth-order valence-electron chi connectivity index (χ4n) is 4.02. The number of halogens is 2. The van der Waals surface area contributed by atoms with Crippen molar-refractivity contribution in [2.24, 2.45) is 0 Å². The molecule has 2 amide bonds. The van der Waals surface area contributed by atoms with Crippen LogP contribution in [0.3, 0.4) is 0 Å². The predicted octanol–water partition coefficient (Wildman–Crippen LogP) is 6.53. The van der Waals surface area contributed by atoms with Crippen LogP contribution >= 0.6 is 22.9 Å². The SMILES string of the molecule is C=CCCC(=O)N1CCC(c2nc(C(=O)Nc3ccc(F)cc3-c3ccc(Cl)cc3)cs2)CC1. The highest BCUT2D eigenvalue weighted by molar-refractivity contribution is 7.10. The molecule has 2 aromatic carbocycles. The molecule has 1 aliphatic heterocycles. The van der Waals surface area contributed by atoms with Gasteiger partial charge in [-0.3, -0.25) is 9.59 Å². The number of carbonyl (C=O) groups is 2. The van der Waals surface area contributed by atoms with Crippen LogP contribution in [-0.2, 0) is 4.79 Å². The van der Waals surface area contributed by atoms with Gasteiger partial charge in [0.15, 0.2) is 0 Å². The molecule has 0 spiro atoms. The molecule has 0 saturated carbocycles. The number of hydrogen-bond acceptors (Lipinski definition) is 4. The minimum Gasteiger partial charge on any atom is -0.343 e. The van der Waals surface area contributed by atoms with Crippen LogP contribution in [0.2, 0.25) is 5.02 Å². The molecule has 176 valence electrons. The average Bonchev–Trinajstić information content (AvgIpc) is 3.35. The highest BCUT2D eigenvalue weighted by Gasteiger charge is 2.26. The van der Waals surface area contributed by atoms with Crippen molar-refractivity contribution in [3.8, 4) is 11.1 Å². The van der Waals surface area contributed by atoms with Crippen molar-refractivity contribution in [1.29, 1.82) is 0 Å². The second-order valence-corrected chi connectivity index (χ2v) is 9.53. The summed E-state index contributed by atoms with van der Waals surface area (Å²) in [6.45, 7) is 5.06. The van der Waals surface area contributed by atoms with E-state index in [1.165, 1.54) is 23.5 Å². The Bertz CT molecular complexity index is 1190. The van der Waals surface area contributed by atoms with E-state index in [2.05, 4.69) is 16.9 Å². The van der Waals surface area contributed by atoms with E-state index >= 15 is 0 Å². The molecule has 1 aliphatic rings. The van der Waals surface area contributed by atoms with Gasteiger partial charge in [0, 0.05) is 47.1 Å². The molecule has 0 radical (unpaired) electrons. The molecule has 34 heavy (non-hydrogen) atoms. The van der Waals surface area contributed by atoms with Crippen LogP contribution in [0.5, 0.6) is 0 Å². The summed E-state index contributed by atoms with van der Waals surface area (Å²) in [6, 6.07) is 11.2. The van der Waals surface area contributed by atoms with Crippen molar-refractivity contribution in [3.63, 3.8) is 0 Å². The summed E-state index contributed by atoms with van der Waals surface area (Å²) in [4.78, 5) is 31.6. The molecular formula is C26H25ClFN3O2S. The minimum absolute atomic E-state index is 0.161. The van der Waals surface area contributed by atoms with Crippen molar-refractivity contribution in [2.45, 2.75) is 31.6 Å². The van der Waals surface area contributed by atoms with E-state index in [0.717, 1.165) is 23.4 Å². The van der Waals surface area contributed by atoms with Gasteiger partial charge >= 0.3 is 0 Å². The van der Waals surface area contributed by atoms with E-state index in [-0.39, 0.29) is 17.7 Å². The number of amides is 2. The lowest BCUT2D eigenvalue weighted by Gasteiger charge is -2.31. The van der Waals surface area contributed by atoms with E-state index in [0.29, 0.717) is 47.9 Å². The number of rotatable bonds is 7. The fourth-order valence-corrected chi connectivity index (χ4v) is 5.12. The normalized spacial score (nSPS) is 14.1. The number of likely N-dealkylation sites (tertiary alicyclic amines) is 1. The average molecular weight is 498 g/mol. The van der Waals surface area contributed by atoms with Gasteiger partial charge in [-0.25, -0.2) is 9.37 Å². The third kappa shape index (κ3) is 5.72. The molecule has 2 heterocycles. The van der Waals surface area contributed by atoms with Crippen LogP contribution in [0.15, 0.2) is 60.5 Å². The van der Waals surface area contributed by atoms with E-state index in [1.807, 2.05) is 4.90 Å². The zero-order valence-corrected chi connectivity index (χ0v) is 20.2. The number of allylic oxidation sites excluding steroid dienone is 1. The van der Waals surface area contributed by atoms with Gasteiger partial charge in [-0.15, -0.1) is 17.9 Å². The number of nitrogens with zero attached hydrogens (tertiary/aromatic N) is 2. The van der Waals surface area contributed by atoms with E-state index < -0.39 is 5.82 Å². The van der Waals surface area contributed by atoms with Gasteiger partial charge < -0.3 is 10.2 Å². The Balaban J connectivity index is 1.42. The third-order valence-corrected chi connectivity index (χ3v) is 7.16. The molecule has 1 aromatic heterocycles. The van der Waals surface area contributed by atoms with E-state index in [4.69, 9.17) is 11.6 Å². The van der Waals surface area contributed by atoms with Gasteiger partial charge in [0.05, 0.1) is 5.01 Å². The maximum absolute atomic E-state index is 13.9. The molecule has 0 bridgehead atoms. The van der Waals surface area contributed by atoms with Gasteiger partial charge in [0.1, 0.15) is 11.5 Å². The molecule has 1 N–H and O–H groups in total. The molecule has 5 nitrogen and oxygen atoms in total. The molecular weight excluding hydrogens is 473 g/mol. The van der Waals surface area contributed by atoms with Crippen molar-refractivity contribution in [3.05, 3.63) is 82.0 Å². The maximum atomic E-state index is 13.9. The molecule has 8 heteroatoms. The van der Waals surface area contributed by atoms with Gasteiger partial charge in [-0.2, -0.15) is 0 Å². The molecule has 4 rings (SSSR count). The van der Waals surface area contributed by atoms with Crippen LogP contribution in [-0.4, -0.2) is 34.8 Å². The summed E-state index contributed by atoms with van der Waals surface area (Å²) in [6.07, 6.45) is 4.60. The molecule has 0 unspecified atom stereocenters. The summed E-state index contributed by atoms with van der Waals surface area (Å²) >= 11 is 7.43. The zero-order chi connectivity index (χ0) is 24.1. The first-order chi connectivity index (χ1) is 16.4. The Labute approximate surface area is 207 Å². The van der Waals surface area contributed by atoms with Crippen LogP contribution < -0.4 is 5.32 Å². The number of anilines is 1. The van der Waals surface area contributed by atoms with Gasteiger partial charge in [0.2, 0.25) is 5.91 Å². The molecule has 1 fully saturated rings. The molecule has 0 aliphatic carbocycles. The Kier molecular flexibility index (Phi) is 7.75. The molecule has 3 aromatic rings. The van der Waals surface area contributed by atoms with Crippen molar-refractivity contribution in [1.82, 2.24) is 9.88 Å². The van der Waals surface area contributed by atoms with E-state index in [1.54, 1.807) is 41.8 Å². The second kappa shape index (κ2) is 10.9. The van der Waals surface area contributed by atoms with Crippen LogP contribution in [0, 0.1) is 5.82 Å². The Hall–Kier alpha value is -3.03. The first-order valence-electron chi connectivity index (χ1n) is 11.2. The number of hydrogen-bond donors (Lipinski definition) is 1. The summed E-state index contributed by atoms with van der Waals surface area (Å²) < 4.78 is 13.9. The predicted molar refractivity (Wildman–Crippen MR) is 135 cm³/mol. The Morgan fingerprint density at radius 3 is 2.65 bits per heavy atom. The summed E-state index contributed by atoms with van der Waals surface area (Å²) in [5, 5.41) is 6.10. The first-order valence-corrected chi connectivity index (χ1v) is 12.4. The number of piperidine rings is 1. The van der Waals surface area contributed by atoms with Crippen LogP contribution in [0.25, 0.3) is 11.1 Å². The van der Waals surface area contributed by atoms with Gasteiger partial charge in [0.25, 0.3) is 5.91 Å². The number of aromatic nitrogens is 1. The van der Waals surface area contributed by atoms with Crippen LogP contribution in [0.4, 0.5) is 10.1 Å². The monoisotopic (exact) mass is 497 g/mol. The third-order valence-electron chi connectivity index (χ3n) is 5.90. The van der Waals surface area contributed by atoms with Crippen molar-refractivity contribution >= 4 is 40.4 Å². The van der Waals surface area contributed by atoms with Gasteiger partial charge in [-0.05, 0) is 55.2 Å². The quantitative estimate of drug-likeness (QED) is 0.377. The Morgan fingerprint density at radius 1 is 1.21 bits per heavy atom.